The van der Waals surface area contributed by atoms with E-state index >= 15 is 0 Å². The second kappa shape index (κ2) is 5.55. The number of rotatable bonds is 3. The molecule has 17 heavy (non-hydrogen) atoms. The first kappa shape index (κ1) is 12.4. The summed E-state index contributed by atoms with van der Waals surface area (Å²) in [5, 5.41) is 9.90. The number of thioether (sulfide) groups is 1. The minimum Gasteiger partial charge on any atom is -0.338 e. The molecule has 1 aliphatic heterocycles. The first-order valence-corrected chi connectivity index (χ1v) is 6.86. The second-order valence-corrected chi connectivity index (χ2v) is 5.35. The van der Waals surface area contributed by atoms with Gasteiger partial charge in [0.25, 0.3) is 0 Å². The molecule has 0 spiro atoms. The fourth-order valence-electron chi connectivity index (χ4n) is 1.68. The molecule has 0 bridgehead atoms. The van der Waals surface area contributed by atoms with Crippen LogP contribution in [0.2, 0.25) is 0 Å². The lowest BCUT2D eigenvalue weighted by Gasteiger charge is -2.22. The number of aryl methyl sites for hydroxylation is 1. The van der Waals surface area contributed by atoms with Crippen molar-refractivity contribution in [1.29, 1.82) is 0 Å². The molecule has 1 atom stereocenters. The van der Waals surface area contributed by atoms with E-state index < -0.39 is 0 Å². The number of hydrogen-bond donors (Lipinski definition) is 2. The molecule has 0 radical (unpaired) electrons. The Hall–Kier alpha value is -1.01. The molecular weight excluding hydrogens is 238 g/mol. The average molecular weight is 255 g/mol. The summed E-state index contributed by atoms with van der Waals surface area (Å²) >= 11 is 1.88. The topological polar surface area (TPSA) is 67.2 Å². The monoisotopic (exact) mass is 255 g/mol. The number of amides is 1. The van der Waals surface area contributed by atoms with E-state index in [-0.39, 0.29) is 11.9 Å². The second-order valence-electron chi connectivity index (χ2n) is 4.20. The average Bonchev–Trinajstić information content (AvgIpc) is 2.62. The first-order chi connectivity index (χ1) is 8.16. The van der Waals surface area contributed by atoms with Gasteiger partial charge in [-0.15, -0.1) is 0 Å². The maximum absolute atomic E-state index is 11.8. The number of aromatic nitrogens is 1. The van der Waals surface area contributed by atoms with Crippen molar-refractivity contribution in [2.45, 2.75) is 26.3 Å². The van der Waals surface area contributed by atoms with Crippen LogP contribution in [0.4, 0.5) is 5.88 Å². The highest BCUT2D eigenvalue weighted by molar-refractivity contribution is 7.99. The van der Waals surface area contributed by atoms with Gasteiger partial charge >= 0.3 is 0 Å². The maximum Gasteiger partial charge on any atom is 0.234 e. The van der Waals surface area contributed by atoms with E-state index in [1.807, 2.05) is 25.6 Å². The van der Waals surface area contributed by atoms with Gasteiger partial charge in [0.15, 0.2) is 0 Å². The van der Waals surface area contributed by atoms with Gasteiger partial charge in [-0.05, 0) is 13.8 Å². The molecule has 2 heterocycles. The van der Waals surface area contributed by atoms with Crippen molar-refractivity contribution in [3.63, 3.8) is 0 Å². The van der Waals surface area contributed by atoms with Crippen molar-refractivity contribution >= 4 is 23.6 Å². The summed E-state index contributed by atoms with van der Waals surface area (Å²) in [6.45, 7) is 4.72. The predicted octanol–water partition coefficient (Wildman–Crippen LogP) is 1.33. The summed E-state index contributed by atoms with van der Waals surface area (Å²) < 4.78 is 5.05. The SMILES string of the molecule is Cc1noc(NC(=O)CC2CSCCN2)c1C. The van der Waals surface area contributed by atoms with Crippen LogP contribution < -0.4 is 10.6 Å². The Labute approximate surface area is 105 Å². The lowest BCUT2D eigenvalue weighted by atomic mass is 10.2. The Kier molecular flexibility index (Phi) is 4.06. The molecule has 0 saturated carbocycles. The van der Waals surface area contributed by atoms with E-state index in [1.54, 1.807) is 0 Å². The van der Waals surface area contributed by atoms with Crippen molar-refractivity contribution in [3.8, 4) is 0 Å². The van der Waals surface area contributed by atoms with Gasteiger partial charge in [0.2, 0.25) is 11.8 Å². The van der Waals surface area contributed by atoms with Gasteiger partial charge < -0.3 is 9.84 Å². The molecule has 2 rings (SSSR count). The highest BCUT2D eigenvalue weighted by Crippen LogP contribution is 2.18. The van der Waals surface area contributed by atoms with Crippen molar-refractivity contribution in [1.82, 2.24) is 10.5 Å². The number of nitrogens with one attached hydrogen (secondary N) is 2. The summed E-state index contributed by atoms with van der Waals surface area (Å²) in [7, 11) is 0. The largest absolute Gasteiger partial charge is 0.338 e. The van der Waals surface area contributed by atoms with Crippen LogP contribution >= 0.6 is 11.8 Å². The van der Waals surface area contributed by atoms with Gasteiger partial charge in [-0.3, -0.25) is 10.1 Å². The third-order valence-corrected chi connectivity index (χ3v) is 3.97. The standard InChI is InChI=1S/C11H17N3O2S/c1-7-8(2)14-16-11(7)13-10(15)5-9-6-17-4-3-12-9/h9,12H,3-6H2,1-2H3,(H,13,15). The fourth-order valence-corrected chi connectivity index (χ4v) is 2.63. The highest BCUT2D eigenvalue weighted by atomic mass is 32.2. The molecule has 6 heteroatoms. The van der Waals surface area contributed by atoms with Crippen molar-refractivity contribution in [2.75, 3.05) is 23.4 Å². The van der Waals surface area contributed by atoms with Crippen LogP contribution in [0, 0.1) is 13.8 Å². The van der Waals surface area contributed by atoms with Crippen LogP contribution in [-0.4, -0.2) is 35.2 Å². The van der Waals surface area contributed by atoms with Gasteiger partial charge in [-0.25, -0.2) is 0 Å². The van der Waals surface area contributed by atoms with Crippen molar-refractivity contribution in [3.05, 3.63) is 11.3 Å². The number of anilines is 1. The molecule has 5 nitrogen and oxygen atoms in total. The molecule has 1 aromatic rings. The predicted molar refractivity (Wildman–Crippen MR) is 68.3 cm³/mol. The lowest BCUT2D eigenvalue weighted by molar-refractivity contribution is -0.116. The fraction of sp³-hybridized carbons (Fsp3) is 0.636. The third-order valence-electron chi connectivity index (χ3n) is 2.84. The van der Waals surface area contributed by atoms with Crippen LogP contribution in [0.3, 0.4) is 0 Å². The third kappa shape index (κ3) is 3.23. The van der Waals surface area contributed by atoms with Crippen LogP contribution in [0.5, 0.6) is 0 Å². The molecule has 1 fully saturated rings. The molecule has 1 amide bonds. The molecule has 1 saturated heterocycles. The highest BCUT2D eigenvalue weighted by Gasteiger charge is 2.18. The molecule has 1 aromatic heterocycles. The van der Waals surface area contributed by atoms with Gasteiger partial charge in [0, 0.05) is 36.1 Å². The zero-order chi connectivity index (χ0) is 12.3. The zero-order valence-electron chi connectivity index (χ0n) is 10.1. The lowest BCUT2D eigenvalue weighted by Crippen LogP contribution is -2.39. The summed E-state index contributed by atoms with van der Waals surface area (Å²) in [6, 6.07) is 0.262. The first-order valence-electron chi connectivity index (χ1n) is 5.70. The number of carbonyl (C=O) groups excluding carboxylic acids is 1. The Balaban J connectivity index is 1.86. The molecule has 1 unspecified atom stereocenters. The zero-order valence-corrected chi connectivity index (χ0v) is 10.9. The van der Waals surface area contributed by atoms with E-state index in [9.17, 15) is 4.79 Å². The number of hydrogen-bond acceptors (Lipinski definition) is 5. The molecule has 2 N–H and O–H groups in total. The van der Waals surface area contributed by atoms with Gasteiger partial charge in [0.05, 0.1) is 5.69 Å². The number of carbonyl (C=O) groups is 1. The molecule has 1 aliphatic rings. The Morgan fingerprint density at radius 3 is 3.06 bits per heavy atom. The molecule has 94 valence electrons. The van der Waals surface area contributed by atoms with E-state index in [1.165, 1.54) is 0 Å². The molecular formula is C11H17N3O2S. The van der Waals surface area contributed by atoms with Crippen LogP contribution in [0.1, 0.15) is 17.7 Å². The van der Waals surface area contributed by atoms with Crippen LogP contribution in [-0.2, 0) is 4.79 Å². The van der Waals surface area contributed by atoms with E-state index in [2.05, 4.69) is 15.8 Å². The number of nitrogens with zero attached hydrogens (tertiary/aromatic N) is 1. The minimum atomic E-state index is -0.0238. The summed E-state index contributed by atoms with van der Waals surface area (Å²) in [6.07, 6.45) is 0.478. The normalized spacial score (nSPS) is 20.2. The van der Waals surface area contributed by atoms with Crippen LogP contribution in [0.15, 0.2) is 4.52 Å². The summed E-state index contributed by atoms with van der Waals surface area (Å²) in [5.74, 6) is 2.56. The summed E-state index contributed by atoms with van der Waals surface area (Å²) in [4.78, 5) is 11.8. The van der Waals surface area contributed by atoms with Gasteiger partial charge in [-0.2, -0.15) is 11.8 Å². The maximum atomic E-state index is 11.8. The Morgan fingerprint density at radius 1 is 1.65 bits per heavy atom. The van der Waals surface area contributed by atoms with Crippen molar-refractivity contribution in [2.24, 2.45) is 0 Å². The van der Waals surface area contributed by atoms with Gasteiger partial charge in [0.1, 0.15) is 0 Å². The van der Waals surface area contributed by atoms with E-state index in [0.717, 1.165) is 29.3 Å². The minimum absolute atomic E-state index is 0.0238. The smallest absolute Gasteiger partial charge is 0.234 e. The van der Waals surface area contributed by atoms with Gasteiger partial charge in [-0.1, -0.05) is 5.16 Å². The van der Waals surface area contributed by atoms with E-state index in [0.29, 0.717) is 12.3 Å². The van der Waals surface area contributed by atoms with Crippen LogP contribution in [0.25, 0.3) is 0 Å². The molecule has 0 aromatic carbocycles. The Bertz CT molecular complexity index is 399. The summed E-state index contributed by atoms with van der Waals surface area (Å²) in [5.41, 5.74) is 1.70. The molecule has 0 aliphatic carbocycles. The Morgan fingerprint density at radius 2 is 2.47 bits per heavy atom. The van der Waals surface area contributed by atoms with E-state index in [4.69, 9.17) is 4.52 Å². The van der Waals surface area contributed by atoms with Crippen molar-refractivity contribution < 1.29 is 9.32 Å². The quantitative estimate of drug-likeness (QED) is 0.853.